The lowest BCUT2D eigenvalue weighted by Crippen LogP contribution is -2.36. The molecule has 146 valence electrons. The summed E-state index contributed by atoms with van der Waals surface area (Å²) < 4.78 is 32.4. The van der Waals surface area contributed by atoms with Crippen molar-refractivity contribution in [1.82, 2.24) is 9.62 Å². The molecule has 27 heavy (non-hydrogen) atoms. The van der Waals surface area contributed by atoms with E-state index in [9.17, 15) is 8.42 Å². The highest BCUT2D eigenvalue weighted by atomic mass is 32.2. The average Bonchev–Trinajstić information content (AvgIpc) is 3.11. The maximum absolute atomic E-state index is 12.1. The standard InChI is InChI=1S/C21H28N2O3S/c1-18-7-5-6-10-21(18)19-11-13-23(17-19)14-12-22-27(24,25)16-15-26-20-8-3-2-4-9-20/h2-10,19,22H,11-17H2,1H3/t19-/m1/s1. The maximum atomic E-state index is 12.1. The topological polar surface area (TPSA) is 58.6 Å². The van der Waals surface area contributed by atoms with Crippen LogP contribution in [0.15, 0.2) is 54.6 Å². The summed E-state index contributed by atoms with van der Waals surface area (Å²) in [6.07, 6.45) is 1.13. The monoisotopic (exact) mass is 388 g/mol. The molecule has 1 saturated heterocycles. The zero-order valence-electron chi connectivity index (χ0n) is 15.8. The average molecular weight is 389 g/mol. The van der Waals surface area contributed by atoms with Crippen LogP contribution in [0.3, 0.4) is 0 Å². The highest BCUT2D eigenvalue weighted by molar-refractivity contribution is 7.89. The van der Waals surface area contributed by atoms with E-state index in [-0.39, 0.29) is 12.4 Å². The quantitative estimate of drug-likeness (QED) is 0.718. The number of hydrogen-bond acceptors (Lipinski definition) is 4. The molecule has 0 amide bonds. The van der Waals surface area contributed by atoms with E-state index in [1.54, 1.807) is 0 Å². The SMILES string of the molecule is Cc1ccccc1[C@@H]1CCN(CCNS(=O)(=O)CCOc2ccccc2)C1. The minimum atomic E-state index is -3.32. The van der Waals surface area contributed by atoms with Crippen LogP contribution < -0.4 is 9.46 Å². The minimum absolute atomic E-state index is 0.0340. The Labute approximate surface area is 162 Å². The Morgan fingerprint density at radius 3 is 2.63 bits per heavy atom. The number of ether oxygens (including phenoxy) is 1. The highest BCUT2D eigenvalue weighted by Gasteiger charge is 2.24. The number of hydrogen-bond donors (Lipinski definition) is 1. The fraction of sp³-hybridized carbons (Fsp3) is 0.429. The van der Waals surface area contributed by atoms with Crippen molar-refractivity contribution in [2.45, 2.75) is 19.3 Å². The van der Waals surface area contributed by atoms with Gasteiger partial charge in [-0.3, -0.25) is 0 Å². The molecule has 1 atom stereocenters. The van der Waals surface area contributed by atoms with Gasteiger partial charge in [-0.1, -0.05) is 42.5 Å². The van der Waals surface area contributed by atoms with E-state index >= 15 is 0 Å². The minimum Gasteiger partial charge on any atom is -0.492 e. The smallest absolute Gasteiger partial charge is 0.214 e. The Bertz CT molecular complexity index is 824. The molecule has 0 spiro atoms. The van der Waals surface area contributed by atoms with Crippen molar-refractivity contribution in [1.29, 1.82) is 0 Å². The van der Waals surface area contributed by atoms with Crippen LogP contribution in [0, 0.1) is 6.92 Å². The van der Waals surface area contributed by atoms with Gasteiger partial charge in [-0.15, -0.1) is 0 Å². The molecule has 2 aromatic rings. The number of benzene rings is 2. The summed E-state index contributed by atoms with van der Waals surface area (Å²) in [4.78, 5) is 2.33. The van der Waals surface area contributed by atoms with Crippen molar-refractivity contribution >= 4 is 10.0 Å². The molecule has 5 nitrogen and oxygen atoms in total. The number of aryl methyl sites for hydroxylation is 1. The van der Waals surface area contributed by atoms with Crippen molar-refractivity contribution < 1.29 is 13.2 Å². The van der Waals surface area contributed by atoms with E-state index in [4.69, 9.17) is 4.74 Å². The normalized spacial score (nSPS) is 17.9. The summed E-state index contributed by atoms with van der Waals surface area (Å²) in [6, 6.07) is 17.8. The van der Waals surface area contributed by atoms with Gasteiger partial charge in [-0.25, -0.2) is 13.1 Å². The van der Waals surface area contributed by atoms with Gasteiger partial charge in [0, 0.05) is 19.6 Å². The molecule has 0 unspecified atom stereocenters. The first kappa shape index (κ1) is 19.9. The number of sulfonamides is 1. The van der Waals surface area contributed by atoms with Crippen LogP contribution in [0.25, 0.3) is 0 Å². The van der Waals surface area contributed by atoms with Crippen LogP contribution >= 0.6 is 0 Å². The van der Waals surface area contributed by atoms with Gasteiger partial charge < -0.3 is 9.64 Å². The third-order valence-corrected chi connectivity index (χ3v) is 6.36. The van der Waals surface area contributed by atoms with Gasteiger partial charge in [0.2, 0.25) is 10.0 Å². The van der Waals surface area contributed by atoms with Crippen molar-refractivity contribution in [3.63, 3.8) is 0 Å². The van der Waals surface area contributed by atoms with Gasteiger partial charge in [0.1, 0.15) is 12.4 Å². The molecule has 0 radical (unpaired) electrons. The Balaban J connectivity index is 1.37. The molecule has 3 rings (SSSR count). The van der Waals surface area contributed by atoms with Crippen molar-refractivity contribution in [3.05, 3.63) is 65.7 Å². The molecule has 0 saturated carbocycles. The predicted molar refractivity (Wildman–Crippen MR) is 109 cm³/mol. The number of likely N-dealkylation sites (tertiary alicyclic amines) is 1. The Kier molecular flexibility index (Phi) is 6.88. The van der Waals surface area contributed by atoms with Crippen LogP contribution in [0.1, 0.15) is 23.5 Å². The molecule has 1 aliphatic heterocycles. The number of nitrogens with one attached hydrogen (secondary N) is 1. The molecule has 0 bridgehead atoms. The molecule has 1 aliphatic rings. The van der Waals surface area contributed by atoms with Gasteiger partial charge in [0.25, 0.3) is 0 Å². The zero-order chi connectivity index (χ0) is 19.1. The van der Waals surface area contributed by atoms with Gasteiger partial charge in [-0.05, 0) is 49.1 Å². The van der Waals surface area contributed by atoms with Crippen LogP contribution in [0.2, 0.25) is 0 Å². The second-order valence-corrected chi connectivity index (χ2v) is 8.94. The number of para-hydroxylation sites is 1. The van der Waals surface area contributed by atoms with Gasteiger partial charge in [0.05, 0.1) is 5.75 Å². The first-order valence-corrected chi connectivity index (χ1v) is 11.1. The Hall–Kier alpha value is -1.89. The highest BCUT2D eigenvalue weighted by Crippen LogP contribution is 2.28. The molecular formula is C21H28N2O3S. The fourth-order valence-corrected chi connectivity index (χ4v) is 4.40. The van der Waals surface area contributed by atoms with Crippen molar-refractivity contribution in [2.24, 2.45) is 0 Å². The number of rotatable bonds is 9. The predicted octanol–water partition coefficient (Wildman–Crippen LogP) is 2.78. The molecule has 6 heteroatoms. The van der Waals surface area contributed by atoms with Crippen molar-refractivity contribution in [2.75, 3.05) is 38.5 Å². The lowest BCUT2D eigenvalue weighted by atomic mass is 9.94. The number of nitrogens with zero attached hydrogens (tertiary/aromatic N) is 1. The summed E-state index contributed by atoms with van der Waals surface area (Å²) >= 11 is 0. The Morgan fingerprint density at radius 2 is 1.85 bits per heavy atom. The summed E-state index contributed by atoms with van der Waals surface area (Å²) in [5, 5.41) is 0. The molecule has 1 N–H and O–H groups in total. The van der Waals surface area contributed by atoms with Crippen LogP contribution in [-0.4, -0.2) is 51.9 Å². The van der Waals surface area contributed by atoms with Gasteiger partial charge in [-0.2, -0.15) is 0 Å². The Morgan fingerprint density at radius 1 is 1.11 bits per heavy atom. The van der Waals surface area contributed by atoms with Crippen LogP contribution in [-0.2, 0) is 10.0 Å². The van der Waals surface area contributed by atoms with Crippen LogP contribution in [0.4, 0.5) is 0 Å². The molecule has 2 aromatic carbocycles. The fourth-order valence-electron chi connectivity index (χ4n) is 3.55. The van der Waals surface area contributed by atoms with Crippen LogP contribution in [0.5, 0.6) is 5.75 Å². The first-order valence-electron chi connectivity index (χ1n) is 9.46. The third-order valence-electron chi connectivity index (χ3n) is 5.01. The molecular weight excluding hydrogens is 360 g/mol. The molecule has 1 heterocycles. The van der Waals surface area contributed by atoms with Gasteiger partial charge in [0.15, 0.2) is 0 Å². The lowest BCUT2D eigenvalue weighted by molar-refractivity contribution is 0.334. The van der Waals surface area contributed by atoms with E-state index in [0.29, 0.717) is 18.2 Å². The third kappa shape index (κ3) is 6.06. The second-order valence-electron chi connectivity index (χ2n) is 7.02. The van der Waals surface area contributed by atoms with E-state index in [1.807, 2.05) is 30.3 Å². The first-order chi connectivity index (χ1) is 13.0. The van der Waals surface area contributed by atoms with Gasteiger partial charge >= 0.3 is 0 Å². The maximum Gasteiger partial charge on any atom is 0.214 e. The van der Waals surface area contributed by atoms with E-state index in [2.05, 4.69) is 40.8 Å². The molecule has 1 fully saturated rings. The summed E-state index contributed by atoms with van der Waals surface area (Å²) in [5.74, 6) is 1.20. The largest absolute Gasteiger partial charge is 0.492 e. The lowest BCUT2D eigenvalue weighted by Gasteiger charge is -2.17. The van der Waals surface area contributed by atoms with E-state index in [0.717, 1.165) is 26.1 Å². The van der Waals surface area contributed by atoms with E-state index < -0.39 is 10.0 Å². The van der Waals surface area contributed by atoms with Crippen molar-refractivity contribution in [3.8, 4) is 5.75 Å². The summed E-state index contributed by atoms with van der Waals surface area (Å²) in [6.45, 7) is 5.49. The molecule has 0 aromatic heterocycles. The zero-order valence-corrected chi connectivity index (χ0v) is 16.6. The summed E-state index contributed by atoms with van der Waals surface area (Å²) in [7, 11) is -3.32. The van der Waals surface area contributed by atoms with E-state index in [1.165, 1.54) is 11.1 Å². The molecule has 0 aliphatic carbocycles. The second kappa shape index (κ2) is 9.35. The summed E-state index contributed by atoms with van der Waals surface area (Å²) in [5.41, 5.74) is 2.75.